The molecule has 0 spiro atoms. The van der Waals surface area contributed by atoms with Gasteiger partial charge >= 0.3 is 0 Å². The van der Waals surface area contributed by atoms with Crippen molar-refractivity contribution in [2.45, 2.75) is 37.8 Å². The first-order chi connectivity index (χ1) is 14.0. The van der Waals surface area contributed by atoms with Gasteiger partial charge in [0.1, 0.15) is 5.76 Å². The van der Waals surface area contributed by atoms with E-state index < -0.39 is 0 Å². The van der Waals surface area contributed by atoms with E-state index in [4.69, 9.17) is 4.42 Å². The van der Waals surface area contributed by atoms with Crippen LogP contribution in [0.4, 0.5) is 0 Å². The van der Waals surface area contributed by atoms with Crippen LogP contribution in [0.1, 0.15) is 41.8 Å². The van der Waals surface area contributed by atoms with E-state index in [2.05, 4.69) is 4.98 Å². The predicted molar refractivity (Wildman–Crippen MR) is 107 cm³/mol. The fraction of sp³-hybridized carbons (Fsp3) is 0.409. The third-order valence-corrected chi connectivity index (χ3v) is 6.30. The highest BCUT2D eigenvalue weighted by atomic mass is 16.3. The van der Waals surface area contributed by atoms with Gasteiger partial charge < -0.3 is 18.8 Å². The highest BCUT2D eigenvalue weighted by molar-refractivity contribution is 6.05. The highest BCUT2D eigenvalue weighted by Crippen LogP contribution is 2.34. The normalized spacial score (nSPS) is 21.9. The van der Waals surface area contributed by atoms with Crippen molar-refractivity contribution in [3.05, 3.63) is 54.2 Å². The largest absolute Gasteiger partial charge is 0.469 e. The Hall–Kier alpha value is -3.09. The number of furan rings is 1. The van der Waals surface area contributed by atoms with Crippen LogP contribution in [0.15, 0.2) is 47.3 Å². The number of fused-ring (bicyclic) bond motifs is 3. The van der Waals surface area contributed by atoms with Crippen molar-refractivity contribution < 1.29 is 14.0 Å². The number of rotatable bonds is 4. The van der Waals surface area contributed by atoms with E-state index in [1.807, 2.05) is 58.7 Å². The summed E-state index contributed by atoms with van der Waals surface area (Å²) in [6, 6.07) is 9.61. The molecule has 29 heavy (non-hydrogen) atoms. The van der Waals surface area contributed by atoms with Crippen molar-refractivity contribution in [3.8, 4) is 0 Å². The Morgan fingerprint density at radius 2 is 1.97 bits per heavy atom. The summed E-state index contributed by atoms with van der Waals surface area (Å²) in [5, 5.41) is 0. The van der Waals surface area contributed by atoms with Crippen molar-refractivity contribution in [2.75, 3.05) is 13.1 Å². The number of amides is 2. The van der Waals surface area contributed by atoms with E-state index in [1.54, 1.807) is 12.6 Å². The van der Waals surface area contributed by atoms with E-state index in [-0.39, 0.29) is 29.8 Å². The number of likely N-dealkylation sites (tertiary alicyclic amines) is 2. The molecule has 0 saturated carbocycles. The van der Waals surface area contributed by atoms with Crippen LogP contribution in [-0.4, -0.2) is 56.3 Å². The smallest absolute Gasteiger partial charge is 0.256 e. The molecule has 2 fully saturated rings. The monoisotopic (exact) mass is 392 g/mol. The fourth-order valence-corrected chi connectivity index (χ4v) is 4.81. The summed E-state index contributed by atoms with van der Waals surface area (Å²) in [5.41, 5.74) is 2.37. The summed E-state index contributed by atoms with van der Waals surface area (Å²) in [5.74, 6) is 1.06. The van der Waals surface area contributed by atoms with E-state index in [1.165, 1.54) is 0 Å². The van der Waals surface area contributed by atoms with E-state index in [0.717, 1.165) is 23.2 Å². The Balaban J connectivity index is 1.29. The molecule has 3 aromatic rings. The minimum atomic E-state index is 0.0303. The van der Waals surface area contributed by atoms with Gasteiger partial charge in [-0.25, -0.2) is 4.98 Å². The zero-order valence-electron chi connectivity index (χ0n) is 16.6. The molecule has 3 atom stereocenters. The van der Waals surface area contributed by atoms with E-state index in [0.29, 0.717) is 25.1 Å². The summed E-state index contributed by atoms with van der Waals surface area (Å²) in [6.45, 7) is 3.22. The molecule has 2 aliphatic rings. The van der Waals surface area contributed by atoms with Crippen molar-refractivity contribution in [2.24, 2.45) is 7.05 Å². The number of benzene rings is 1. The number of imidazole rings is 1. The van der Waals surface area contributed by atoms with E-state index >= 15 is 0 Å². The average Bonchev–Trinajstić information content (AvgIpc) is 3.50. The molecule has 2 aliphatic heterocycles. The Labute approximate surface area is 168 Å². The lowest BCUT2D eigenvalue weighted by molar-refractivity contribution is -0.133. The van der Waals surface area contributed by atoms with Gasteiger partial charge in [0, 0.05) is 32.5 Å². The number of para-hydroxylation sites is 1. The summed E-state index contributed by atoms with van der Waals surface area (Å²) >= 11 is 0. The SMILES string of the molecule is CC(CC(=O)N1C[C@@H]2C[C@H]1CN2C(=O)c1cccc2ncn(C)c12)c1ccco1. The Bertz CT molecular complexity index is 1070. The van der Waals surface area contributed by atoms with Gasteiger partial charge in [0.15, 0.2) is 0 Å². The first-order valence-corrected chi connectivity index (χ1v) is 10.1. The third kappa shape index (κ3) is 2.92. The molecule has 7 nitrogen and oxygen atoms in total. The lowest BCUT2D eigenvalue weighted by atomic mass is 10.0. The third-order valence-electron chi connectivity index (χ3n) is 6.30. The number of hydrogen-bond acceptors (Lipinski definition) is 4. The number of carbonyl (C=O) groups excluding carboxylic acids is 2. The molecule has 0 N–H and O–H groups in total. The molecule has 2 saturated heterocycles. The van der Waals surface area contributed by atoms with Crippen LogP contribution in [0.5, 0.6) is 0 Å². The molecule has 0 aliphatic carbocycles. The fourth-order valence-electron chi connectivity index (χ4n) is 4.81. The van der Waals surface area contributed by atoms with Crippen LogP contribution in [-0.2, 0) is 11.8 Å². The summed E-state index contributed by atoms with van der Waals surface area (Å²) in [6.07, 6.45) is 4.66. The van der Waals surface area contributed by atoms with Gasteiger partial charge in [-0.3, -0.25) is 9.59 Å². The zero-order chi connectivity index (χ0) is 20.1. The van der Waals surface area contributed by atoms with Gasteiger partial charge in [-0.15, -0.1) is 0 Å². The second kappa shape index (κ2) is 6.76. The molecule has 7 heteroatoms. The number of hydrogen-bond donors (Lipinski definition) is 0. The number of carbonyl (C=O) groups is 2. The van der Waals surface area contributed by atoms with Gasteiger partial charge in [0.25, 0.3) is 5.91 Å². The second-order valence-corrected chi connectivity index (χ2v) is 8.20. The molecular formula is C22H24N4O3. The Kier molecular flexibility index (Phi) is 4.19. The maximum atomic E-state index is 13.3. The van der Waals surface area contributed by atoms with Gasteiger partial charge in [0.05, 0.1) is 41.3 Å². The van der Waals surface area contributed by atoms with Gasteiger partial charge in [0.2, 0.25) is 5.91 Å². The lowest BCUT2D eigenvalue weighted by Crippen LogP contribution is -2.50. The van der Waals surface area contributed by atoms with E-state index in [9.17, 15) is 9.59 Å². The van der Waals surface area contributed by atoms with Crippen LogP contribution in [0.25, 0.3) is 11.0 Å². The topological polar surface area (TPSA) is 71.6 Å². The second-order valence-electron chi connectivity index (χ2n) is 8.20. The van der Waals surface area contributed by atoms with Gasteiger partial charge in [-0.2, -0.15) is 0 Å². The predicted octanol–water partition coefficient (Wildman–Crippen LogP) is 2.79. The average molecular weight is 392 g/mol. The zero-order valence-corrected chi connectivity index (χ0v) is 16.6. The van der Waals surface area contributed by atoms with Gasteiger partial charge in [-0.05, 0) is 30.7 Å². The first kappa shape index (κ1) is 18.0. The highest BCUT2D eigenvalue weighted by Gasteiger charge is 2.47. The minimum Gasteiger partial charge on any atom is -0.469 e. The Morgan fingerprint density at radius 1 is 1.17 bits per heavy atom. The van der Waals surface area contributed by atoms with Crippen LogP contribution in [0.3, 0.4) is 0 Å². The number of nitrogens with zero attached hydrogens (tertiary/aromatic N) is 4. The molecule has 5 rings (SSSR count). The molecule has 2 aromatic heterocycles. The lowest BCUT2D eigenvalue weighted by Gasteiger charge is -2.34. The maximum absolute atomic E-state index is 13.3. The molecular weight excluding hydrogens is 368 g/mol. The van der Waals surface area contributed by atoms with Crippen LogP contribution in [0, 0.1) is 0 Å². The molecule has 2 bridgehead atoms. The molecule has 0 radical (unpaired) electrons. The van der Waals surface area contributed by atoms with Crippen LogP contribution < -0.4 is 0 Å². The van der Waals surface area contributed by atoms with Crippen molar-refractivity contribution >= 4 is 22.8 Å². The molecule has 4 heterocycles. The standard InChI is InChI=1S/C22H24N4O3/c1-14(19-7-4-8-29-19)9-20(27)25-11-16-10-15(25)12-26(16)22(28)17-5-3-6-18-21(17)24(2)13-23-18/h3-8,13-16H,9-12H2,1-2H3/t14?,15-,16-/m0/s1. The first-order valence-electron chi connectivity index (χ1n) is 10.1. The van der Waals surface area contributed by atoms with Gasteiger partial charge in [-0.1, -0.05) is 13.0 Å². The van der Waals surface area contributed by atoms with Crippen molar-refractivity contribution in [1.29, 1.82) is 0 Å². The maximum Gasteiger partial charge on any atom is 0.256 e. The number of aromatic nitrogens is 2. The summed E-state index contributed by atoms with van der Waals surface area (Å²) in [4.78, 5) is 34.4. The summed E-state index contributed by atoms with van der Waals surface area (Å²) in [7, 11) is 1.91. The quantitative estimate of drug-likeness (QED) is 0.685. The molecule has 1 unspecified atom stereocenters. The molecule has 1 aromatic carbocycles. The molecule has 150 valence electrons. The van der Waals surface area contributed by atoms with Crippen LogP contribution in [0.2, 0.25) is 0 Å². The summed E-state index contributed by atoms with van der Waals surface area (Å²) < 4.78 is 7.32. The number of piperazine rings is 1. The number of aryl methyl sites for hydroxylation is 1. The van der Waals surface area contributed by atoms with Crippen LogP contribution >= 0.6 is 0 Å². The van der Waals surface area contributed by atoms with Crippen molar-refractivity contribution in [3.63, 3.8) is 0 Å². The minimum absolute atomic E-state index is 0.0303. The Morgan fingerprint density at radius 3 is 2.69 bits per heavy atom. The van der Waals surface area contributed by atoms with Crippen molar-refractivity contribution in [1.82, 2.24) is 19.4 Å². The molecule has 2 amide bonds.